The molecule has 0 aromatic heterocycles. The molecular weight excluding hydrogens is 256 g/mol. The predicted molar refractivity (Wildman–Crippen MR) is 82.6 cm³/mol. The van der Waals surface area contributed by atoms with Crippen LogP contribution in [0.1, 0.15) is 32.3 Å². The van der Waals surface area contributed by atoms with Gasteiger partial charge in [0.25, 0.3) is 0 Å². The molecule has 2 rings (SSSR count). The molecule has 2 unspecified atom stereocenters. The van der Waals surface area contributed by atoms with Gasteiger partial charge in [0.1, 0.15) is 0 Å². The zero-order valence-electron chi connectivity index (χ0n) is 12.0. The van der Waals surface area contributed by atoms with Crippen molar-refractivity contribution >= 4 is 11.6 Å². The van der Waals surface area contributed by atoms with Crippen molar-refractivity contribution in [3.05, 3.63) is 34.9 Å². The maximum absolute atomic E-state index is 5.94. The van der Waals surface area contributed by atoms with E-state index in [4.69, 9.17) is 11.6 Å². The van der Waals surface area contributed by atoms with Crippen LogP contribution >= 0.6 is 11.6 Å². The summed E-state index contributed by atoms with van der Waals surface area (Å²) in [7, 11) is 0. The number of rotatable bonds is 4. The van der Waals surface area contributed by atoms with Crippen molar-refractivity contribution in [1.82, 2.24) is 10.2 Å². The molecule has 1 aliphatic heterocycles. The Bertz CT molecular complexity index is 377. The van der Waals surface area contributed by atoms with Gasteiger partial charge in [-0.1, -0.05) is 44.0 Å². The summed E-state index contributed by atoms with van der Waals surface area (Å²) in [5.74, 6) is 0.741. The Hall–Kier alpha value is -0.570. The second-order valence-electron chi connectivity index (χ2n) is 5.66. The molecule has 1 fully saturated rings. The van der Waals surface area contributed by atoms with Crippen molar-refractivity contribution in [2.45, 2.75) is 39.3 Å². The van der Waals surface area contributed by atoms with E-state index in [0.717, 1.165) is 30.6 Å². The second kappa shape index (κ2) is 7.28. The average molecular weight is 281 g/mol. The van der Waals surface area contributed by atoms with E-state index in [0.29, 0.717) is 6.04 Å². The van der Waals surface area contributed by atoms with Gasteiger partial charge in [-0.2, -0.15) is 0 Å². The van der Waals surface area contributed by atoms with Gasteiger partial charge in [-0.3, -0.25) is 4.90 Å². The summed E-state index contributed by atoms with van der Waals surface area (Å²) in [6.07, 6.45) is 2.48. The molecule has 1 aliphatic rings. The number of hydrogen-bond acceptors (Lipinski definition) is 2. The molecule has 2 atom stereocenters. The highest BCUT2D eigenvalue weighted by molar-refractivity contribution is 6.30. The first-order valence-corrected chi connectivity index (χ1v) is 7.77. The van der Waals surface area contributed by atoms with Gasteiger partial charge < -0.3 is 5.32 Å². The first-order chi connectivity index (χ1) is 9.19. The number of hydrogen-bond donors (Lipinski definition) is 1. The molecule has 0 radical (unpaired) electrons. The normalized spacial score (nSPS) is 23.0. The maximum Gasteiger partial charge on any atom is 0.0406 e. The summed E-state index contributed by atoms with van der Waals surface area (Å²) in [4.78, 5) is 2.57. The third kappa shape index (κ3) is 4.48. The molecular formula is C16H25ClN2. The van der Waals surface area contributed by atoms with Crippen LogP contribution in [0.5, 0.6) is 0 Å². The van der Waals surface area contributed by atoms with Gasteiger partial charge in [0.2, 0.25) is 0 Å². The summed E-state index contributed by atoms with van der Waals surface area (Å²) in [6.45, 7) is 9.14. The lowest BCUT2D eigenvalue weighted by molar-refractivity contribution is 0.231. The minimum absolute atomic E-state index is 0.625. The van der Waals surface area contributed by atoms with E-state index in [2.05, 4.69) is 36.2 Å². The monoisotopic (exact) mass is 280 g/mol. The minimum atomic E-state index is 0.625. The topological polar surface area (TPSA) is 15.3 Å². The van der Waals surface area contributed by atoms with Gasteiger partial charge in [-0.25, -0.2) is 0 Å². The molecule has 0 saturated carbocycles. The Morgan fingerprint density at radius 1 is 1.37 bits per heavy atom. The van der Waals surface area contributed by atoms with Crippen LogP contribution in [0.4, 0.5) is 0 Å². The van der Waals surface area contributed by atoms with Gasteiger partial charge in [0.05, 0.1) is 0 Å². The number of nitrogens with zero attached hydrogens (tertiary/aromatic N) is 1. The van der Waals surface area contributed by atoms with E-state index >= 15 is 0 Å². The first kappa shape index (κ1) is 14.8. The van der Waals surface area contributed by atoms with Gasteiger partial charge in [-0.15, -0.1) is 0 Å². The molecule has 0 amide bonds. The standard InChI is InChI=1S/C16H25ClN2/c1-3-13(2)16-12-19(10-4-9-18-16)11-14-5-7-15(17)8-6-14/h5-8,13,16,18H,3-4,9-12H2,1-2H3. The van der Waals surface area contributed by atoms with E-state index in [1.165, 1.54) is 24.9 Å². The van der Waals surface area contributed by atoms with Crippen LogP contribution in [-0.2, 0) is 6.54 Å². The molecule has 106 valence electrons. The van der Waals surface area contributed by atoms with Crippen molar-refractivity contribution in [2.24, 2.45) is 5.92 Å². The van der Waals surface area contributed by atoms with Crippen molar-refractivity contribution in [1.29, 1.82) is 0 Å². The Morgan fingerprint density at radius 3 is 2.79 bits per heavy atom. The largest absolute Gasteiger partial charge is 0.312 e. The molecule has 1 aromatic rings. The third-order valence-electron chi connectivity index (χ3n) is 4.16. The number of benzene rings is 1. The van der Waals surface area contributed by atoms with E-state index in [-0.39, 0.29) is 0 Å². The molecule has 1 N–H and O–H groups in total. The Morgan fingerprint density at radius 2 is 2.11 bits per heavy atom. The maximum atomic E-state index is 5.94. The van der Waals surface area contributed by atoms with Crippen LogP contribution in [0, 0.1) is 5.92 Å². The van der Waals surface area contributed by atoms with Crippen molar-refractivity contribution in [2.75, 3.05) is 19.6 Å². The van der Waals surface area contributed by atoms with E-state index in [1.54, 1.807) is 0 Å². The molecule has 1 heterocycles. The van der Waals surface area contributed by atoms with Crippen LogP contribution in [0.3, 0.4) is 0 Å². The third-order valence-corrected chi connectivity index (χ3v) is 4.41. The molecule has 0 bridgehead atoms. The Labute approximate surface area is 122 Å². The summed E-state index contributed by atoms with van der Waals surface area (Å²) >= 11 is 5.94. The highest BCUT2D eigenvalue weighted by atomic mass is 35.5. The molecule has 2 nitrogen and oxygen atoms in total. The lowest BCUT2D eigenvalue weighted by Gasteiger charge is -2.28. The van der Waals surface area contributed by atoms with E-state index in [1.807, 2.05) is 12.1 Å². The lowest BCUT2D eigenvalue weighted by Crippen LogP contribution is -2.41. The Kier molecular flexibility index (Phi) is 5.68. The van der Waals surface area contributed by atoms with Crippen molar-refractivity contribution in [3.63, 3.8) is 0 Å². The molecule has 1 saturated heterocycles. The quantitative estimate of drug-likeness (QED) is 0.907. The van der Waals surface area contributed by atoms with Gasteiger partial charge >= 0.3 is 0 Å². The van der Waals surface area contributed by atoms with Gasteiger partial charge in [-0.05, 0) is 43.1 Å². The van der Waals surface area contributed by atoms with Crippen LogP contribution < -0.4 is 5.32 Å². The smallest absolute Gasteiger partial charge is 0.0406 e. The zero-order valence-corrected chi connectivity index (χ0v) is 12.8. The van der Waals surface area contributed by atoms with Crippen LogP contribution in [-0.4, -0.2) is 30.6 Å². The zero-order chi connectivity index (χ0) is 13.7. The summed E-state index contributed by atoms with van der Waals surface area (Å²) in [6, 6.07) is 8.87. The molecule has 0 aliphatic carbocycles. The first-order valence-electron chi connectivity index (χ1n) is 7.39. The van der Waals surface area contributed by atoms with E-state index < -0.39 is 0 Å². The SMILES string of the molecule is CCC(C)C1CN(Cc2ccc(Cl)cc2)CCCN1. The number of nitrogens with one attached hydrogen (secondary N) is 1. The van der Waals surface area contributed by atoms with Crippen molar-refractivity contribution < 1.29 is 0 Å². The molecule has 3 heteroatoms. The van der Waals surface area contributed by atoms with Gasteiger partial charge in [0.15, 0.2) is 0 Å². The summed E-state index contributed by atoms with van der Waals surface area (Å²) in [5.41, 5.74) is 1.36. The minimum Gasteiger partial charge on any atom is -0.312 e. The molecule has 0 spiro atoms. The van der Waals surface area contributed by atoms with Crippen LogP contribution in [0.25, 0.3) is 0 Å². The fraction of sp³-hybridized carbons (Fsp3) is 0.625. The highest BCUT2D eigenvalue weighted by Crippen LogP contribution is 2.16. The second-order valence-corrected chi connectivity index (χ2v) is 6.10. The predicted octanol–water partition coefficient (Wildman–Crippen LogP) is 3.55. The van der Waals surface area contributed by atoms with Crippen LogP contribution in [0.2, 0.25) is 5.02 Å². The fourth-order valence-electron chi connectivity index (χ4n) is 2.68. The lowest BCUT2D eigenvalue weighted by atomic mass is 9.99. The highest BCUT2D eigenvalue weighted by Gasteiger charge is 2.21. The summed E-state index contributed by atoms with van der Waals surface area (Å²) < 4.78 is 0. The van der Waals surface area contributed by atoms with E-state index in [9.17, 15) is 0 Å². The fourth-order valence-corrected chi connectivity index (χ4v) is 2.81. The van der Waals surface area contributed by atoms with Crippen molar-refractivity contribution in [3.8, 4) is 0 Å². The number of halogens is 1. The van der Waals surface area contributed by atoms with Crippen LogP contribution in [0.15, 0.2) is 24.3 Å². The molecule has 1 aromatic carbocycles. The Balaban J connectivity index is 1.96. The average Bonchev–Trinajstić information content (AvgIpc) is 2.66. The summed E-state index contributed by atoms with van der Waals surface area (Å²) in [5, 5.41) is 4.51. The molecule has 19 heavy (non-hydrogen) atoms. The van der Waals surface area contributed by atoms with Gasteiger partial charge in [0, 0.05) is 24.2 Å².